The molecule has 0 spiro atoms. The van der Waals surface area contributed by atoms with E-state index in [4.69, 9.17) is 9.47 Å². The van der Waals surface area contributed by atoms with Crippen molar-refractivity contribution in [3.05, 3.63) is 54.1 Å². The van der Waals surface area contributed by atoms with Crippen LogP contribution in [-0.4, -0.2) is 30.5 Å². The van der Waals surface area contributed by atoms with Crippen LogP contribution in [0.1, 0.15) is 30.1 Å². The molecule has 1 unspecified atom stereocenters. The Balaban J connectivity index is 1.66. The second-order valence-corrected chi connectivity index (χ2v) is 6.15. The summed E-state index contributed by atoms with van der Waals surface area (Å²) in [6.07, 6.45) is 1.16. The zero-order chi connectivity index (χ0) is 19.2. The minimum absolute atomic E-state index is 0.190. The van der Waals surface area contributed by atoms with Crippen molar-refractivity contribution >= 4 is 29.2 Å². The largest absolute Gasteiger partial charge is 0.427 e. The lowest BCUT2D eigenvalue weighted by atomic mass is 10.2. The third-order valence-corrected chi connectivity index (χ3v) is 3.97. The molecule has 2 aromatic carbocycles. The quantitative estimate of drug-likeness (QED) is 0.625. The van der Waals surface area contributed by atoms with Gasteiger partial charge in [-0.2, -0.15) is 0 Å². The zero-order valence-electron chi connectivity index (χ0n) is 14.9. The lowest BCUT2D eigenvalue weighted by Gasteiger charge is -2.12. The highest BCUT2D eigenvalue weighted by atomic mass is 16.5. The molecule has 0 bridgehead atoms. The van der Waals surface area contributed by atoms with E-state index in [1.165, 1.54) is 13.0 Å². The SMILES string of the molecule is CC(=O)Oc1cccc(C(=O)Nc2cccc(NC(=O)C3CCCO3)c2)c1. The molecule has 2 aromatic rings. The van der Waals surface area contributed by atoms with Gasteiger partial charge in [0.1, 0.15) is 11.9 Å². The number of hydrogen-bond donors (Lipinski definition) is 2. The molecule has 0 radical (unpaired) electrons. The maximum absolute atomic E-state index is 12.4. The van der Waals surface area contributed by atoms with Gasteiger partial charge in [0.15, 0.2) is 0 Å². The number of rotatable bonds is 5. The third kappa shape index (κ3) is 5.15. The first-order valence-corrected chi connectivity index (χ1v) is 8.63. The first-order valence-electron chi connectivity index (χ1n) is 8.63. The molecule has 2 amide bonds. The van der Waals surface area contributed by atoms with Gasteiger partial charge in [0, 0.05) is 30.5 Å². The Hall–Kier alpha value is -3.19. The molecule has 0 aromatic heterocycles. The molecule has 1 heterocycles. The molecule has 140 valence electrons. The van der Waals surface area contributed by atoms with Crippen LogP contribution in [0.15, 0.2) is 48.5 Å². The number of carbonyl (C=O) groups is 3. The van der Waals surface area contributed by atoms with E-state index in [0.29, 0.717) is 35.7 Å². The summed E-state index contributed by atoms with van der Waals surface area (Å²) in [6.45, 7) is 1.89. The number of carbonyl (C=O) groups excluding carboxylic acids is 3. The van der Waals surface area contributed by atoms with Crippen LogP contribution in [0.2, 0.25) is 0 Å². The van der Waals surface area contributed by atoms with Crippen molar-refractivity contribution in [2.75, 3.05) is 17.2 Å². The van der Waals surface area contributed by atoms with Crippen LogP contribution >= 0.6 is 0 Å². The minimum Gasteiger partial charge on any atom is -0.427 e. The first-order chi connectivity index (χ1) is 13.0. The van der Waals surface area contributed by atoms with E-state index < -0.39 is 12.1 Å². The fraction of sp³-hybridized carbons (Fsp3) is 0.250. The van der Waals surface area contributed by atoms with E-state index in [2.05, 4.69) is 10.6 Å². The Bertz CT molecular complexity index is 859. The van der Waals surface area contributed by atoms with Gasteiger partial charge >= 0.3 is 5.97 Å². The molecule has 1 atom stereocenters. The highest BCUT2D eigenvalue weighted by molar-refractivity contribution is 6.05. The highest BCUT2D eigenvalue weighted by Crippen LogP contribution is 2.20. The van der Waals surface area contributed by atoms with Gasteiger partial charge in [0.05, 0.1) is 0 Å². The predicted molar refractivity (Wildman–Crippen MR) is 99.7 cm³/mol. The number of amides is 2. The van der Waals surface area contributed by atoms with Gasteiger partial charge in [0.2, 0.25) is 0 Å². The number of ether oxygens (including phenoxy) is 2. The number of benzene rings is 2. The Morgan fingerprint density at radius 1 is 1.04 bits per heavy atom. The molecule has 27 heavy (non-hydrogen) atoms. The molecule has 1 fully saturated rings. The summed E-state index contributed by atoms with van der Waals surface area (Å²) in [4.78, 5) is 35.6. The molecule has 0 aliphatic carbocycles. The van der Waals surface area contributed by atoms with Gasteiger partial charge in [0.25, 0.3) is 11.8 Å². The third-order valence-electron chi connectivity index (χ3n) is 3.97. The number of nitrogens with one attached hydrogen (secondary N) is 2. The molecule has 1 aliphatic rings. The van der Waals surface area contributed by atoms with Crippen LogP contribution in [0.3, 0.4) is 0 Å². The van der Waals surface area contributed by atoms with Crippen molar-refractivity contribution in [1.29, 1.82) is 0 Å². The summed E-state index contributed by atoms with van der Waals surface area (Å²) in [7, 11) is 0. The summed E-state index contributed by atoms with van der Waals surface area (Å²) in [5.74, 6) is -0.702. The van der Waals surface area contributed by atoms with Gasteiger partial charge in [-0.15, -0.1) is 0 Å². The normalized spacial score (nSPS) is 15.8. The predicted octanol–water partition coefficient (Wildman–Crippen LogP) is 2.98. The zero-order valence-corrected chi connectivity index (χ0v) is 14.9. The topological polar surface area (TPSA) is 93.7 Å². The van der Waals surface area contributed by atoms with E-state index in [1.807, 2.05) is 0 Å². The van der Waals surface area contributed by atoms with E-state index >= 15 is 0 Å². The lowest BCUT2D eigenvalue weighted by Crippen LogP contribution is -2.26. The Morgan fingerprint density at radius 3 is 2.48 bits per heavy atom. The molecule has 0 saturated carbocycles. The smallest absolute Gasteiger partial charge is 0.308 e. The molecule has 1 saturated heterocycles. The van der Waals surface area contributed by atoms with Gasteiger partial charge in [-0.1, -0.05) is 12.1 Å². The van der Waals surface area contributed by atoms with Crippen LogP contribution < -0.4 is 15.4 Å². The Labute approximate surface area is 156 Å². The Kier molecular flexibility index (Phi) is 5.83. The summed E-state index contributed by atoms with van der Waals surface area (Å²) < 4.78 is 10.3. The molecule has 3 rings (SSSR count). The molecular formula is C20H20N2O5. The second kappa shape index (κ2) is 8.46. The number of anilines is 2. The molecule has 1 aliphatic heterocycles. The van der Waals surface area contributed by atoms with Crippen LogP contribution in [0, 0.1) is 0 Å². The summed E-state index contributed by atoms with van der Waals surface area (Å²) >= 11 is 0. The highest BCUT2D eigenvalue weighted by Gasteiger charge is 2.23. The monoisotopic (exact) mass is 368 g/mol. The van der Waals surface area contributed by atoms with Crippen molar-refractivity contribution in [3.8, 4) is 5.75 Å². The second-order valence-electron chi connectivity index (χ2n) is 6.15. The van der Waals surface area contributed by atoms with Gasteiger partial charge in [-0.25, -0.2) is 0 Å². The molecule has 7 nitrogen and oxygen atoms in total. The van der Waals surface area contributed by atoms with Gasteiger partial charge < -0.3 is 20.1 Å². The van der Waals surface area contributed by atoms with E-state index in [9.17, 15) is 14.4 Å². The summed E-state index contributed by atoms with van der Waals surface area (Å²) in [5, 5.41) is 5.56. The standard InChI is InChI=1S/C20H20N2O5/c1-13(23)27-17-8-2-5-14(11-17)19(24)21-15-6-3-7-16(12-15)22-20(25)18-9-4-10-26-18/h2-3,5-8,11-12,18H,4,9-10H2,1H3,(H,21,24)(H,22,25). The van der Waals surface area contributed by atoms with E-state index in [-0.39, 0.29) is 11.8 Å². The van der Waals surface area contributed by atoms with Crippen LogP contribution in [0.25, 0.3) is 0 Å². The summed E-state index contributed by atoms with van der Waals surface area (Å²) in [6, 6.07) is 13.2. The Morgan fingerprint density at radius 2 is 1.78 bits per heavy atom. The number of esters is 1. The molecular weight excluding hydrogens is 348 g/mol. The average Bonchev–Trinajstić information content (AvgIpc) is 3.16. The fourth-order valence-electron chi connectivity index (χ4n) is 2.75. The van der Waals surface area contributed by atoms with E-state index in [1.54, 1.807) is 42.5 Å². The van der Waals surface area contributed by atoms with Gasteiger partial charge in [-0.3, -0.25) is 14.4 Å². The minimum atomic E-state index is -0.456. The van der Waals surface area contributed by atoms with Crippen molar-refractivity contribution in [2.45, 2.75) is 25.9 Å². The van der Waals surface area contributed by atoms with Crippen molar-refractivity contribution in [2.24, 2.45) is 0 Å². The maximum atomic E-state index is 12.4. The number of hydrogen-bond acceptors (Lipinski definition) is 5. The van der Waals surface area contributed by atoms with Crippen LogP contribution in [0.5, 0.6) is 5.75 Å². The van der Waals surface area contributed by atoms with Gasteiger partial charge in [-0.05, 0) is 49.2 Å². The van der Waals surface area contributed by atoms with Crippen molar-refractivity contribution in [1.82, 2.24) is 0 Å². The molecule has 7 heteroatoms. The summed E-state index contributed by atoms with van der Waals surface area (Å²) in [5.41, 5.74) is 1.45. The van der Waals surface area contributed by atoms with E-state index in [0.717, 1.165) is 6.42 Å². The first kappa shape index (κ1) is 18.6. The lowest BCUT2D eigenvalue weighted by molar-refractivity contribution is -0.131. The van der Waals surface area contributed by atoms with Crippen LogP contribution in [-0.2, 0) is 14.3 Å². The van der Waals surface area contributed by atoms with Crippen molar-refractivity contribution < 1.29 is 23.9 Å². The average molecular weight is 368 g/mol. The fourth-order valence-corrected chi connectivity index (χ4v) is 2.75. The maximum Gasteiger partial charge on any atom is 0.308 e. The van der Waals surface area contributed by atoms with Crippen molar-refractivity contribution in [3.63, 3.8) is 0 Å². The molecule has 2 N–H and O–H groups in total. The van der Waals surface area contributed by atoms with Crippen LogP contribution in [0.4, 0.5) is 11.4 Å².